The minimum absolute atomic E-state index is 0.214. The van der Waals surface area contributed by atoms with Crippen LogP contribution in [0.5, 0.6) is 0 Å². The van der Waals surface area contributed by atoms with Crippen molar-refractivity contribution < 1.29 is 9.90 Å². The van der Waals surface area contributed by atoms with Gasteiger partial charge in [-0.2, -0.15) is 0 Å². The standard InChI is InChI=1S/C10H13N3O2/c1-13-5-8(6-13)12-9-3-2-7(4-11-9)10(14)15/h2-4,8H,5-6H2,1H3,(H,11,12)(H,14,15). The molecule has 1 saturated heterocycles. The van der Waals surface area contributed by atoms with E-state index in [2.05, 4.69) is 22.2 Å². The van der Waals surface area contributed by atoms with E-state index in [4.69, 9.17) is 5.11 Å². The number of pyridine rings is 1. The van der Waals surface area contributed by atoms with Crippen LogP contribution in [0.25, 0.3) is 0 Å². The van der Waals surface area contributed by atoms with Gasteiger partial charge in [-0.3, -0.25) is 0 Å². The predicted octanol–water partition coefficient (Wildman–Crippen LogP) is 0.506. The van der Waals surface area contributed by atoms with Crippen LogP contribution in [-0.4, -0.2) is 47.1 Å². The predicted molar refractivity (Wildman–Crippen MR) is 56.1 cm³/mol. The molecular weight excluding hydrogens is 194 g/mol. The highest BCUT2D eigenvalue weighted by Gasteiger charge is 2.22. The first-order valence-corrected chi connectivity index (χ1v) is 4.79. The van der Waals surface area contributed by atoms with Gasteiger partial charge in [0.05, 0.1) is 11.6 Å². The van der Waals surface area contributed by atoms with Gasteiger partial charge in [-0.1, -0.05) is 0 Å². The molecule has 0 spiro atoms. The van der Waals surface area contributed by atoms with Crippen LogP contribution in [-0.2, 0) is 0 Å². The van der Waals surface area contributed by atoms with Crippen molar-refractivity contribution in [1.82, 2.24) is 9.88 Å². The zero-order valence-corrected chi connectivity index (χ0v) is 8.47. The van der Waals surface area contributed by atoms with Crippen LogP contribution in [0, 0.1) is 0 Å². The lowest BCUT2D eigenvalue weighted by Gasteiger charge is -2.36. The highest BCUT2D eigenvalue weighted by Crippen LogP contribution is 2.12. The maximum atomic E-state index is 10.6. The first kappa shape index (κ1) is 9.92. The second kappa shape index (κ2) is 3.86. The van der Waals surface area contributed by atoms with Crippen molar-refractivity contribution >= 4 is 11.8 Å². The fourth-order valence-electron chi connectivity index (χ4n) is 1.61. The van der Waals surface area contributed by atoms with E-state index in [1.807, 2.05) is 0 Å². The molecule has 0 aromatic carbocycles. The van der Waals surface area contributed by atoms with E-state index in [-0.39, 0.29) is 5.56 Å². The van der Waals surface area contributed by atoms with E-state index in [0.29, 0.717) is 6.04 Å². The number of hydrogen-bond donors (Lipinski definition) is 2. The molecule has 5 nitrogen and oxygen atoms in total. The number of likely N-dealkylation sites (N-methyl/N-ethyl adjacent to an activating group) is 1. The lowest BCUT2D eigenvalue weighted by atomic mass is 10.1. The number of carboxylic acids is 1. The molecule has 1 fully saturated rings. The van der Waals surface area contributed by atoms with Crippen molar-refractivity contribution in [2.75, 3.05) is 25.5 Å². The third kappa shape index (κ3) is 2.24. The van der Waals surface area contributed by atoms with Gasteiger partial charge in [0.2, 0.25) is 0 Å². The Kier molecular flexibility index (Phi) is 2.55. The number of likely N-dealkylation sites (tertiary alicyclic amines) is 1. The first-order chi connectivity index (χ1) is 7.15. The summed E-state index contributed by atoms with van der Waals surface area (Å²) in [4.78, 5) is 16.8. The molecule has 2 rings (SSSR count). The molecular formula is C10H13N3O2. The van der Waals surface area contributed by atoms with Crippen LogP contribution in [0.3, 0.4) is 0 Å². The van der Waals surface area contributed by atoms with Gasteiger partial charge in [0.1, 0.15) is 5.82 Å². The zero-order chi connectivity index (χ0) is 10.8. The quantitative estimate of drug-likeness (QED) is 0.755. The van der Waals surface area contributed by atoms with Crippen molar-refractivity contribution in [2.45, 2.75) is 6.04 Å². The van der Waals surface area contributed by atoms with Crippen LogP contribution in [0.2, 0.25) is 0 Å². The Balaban J connectivity index is 1.95. The van der Waals surface area contributed by atoms with Crippen molar-refractivity contribution in [3.05, 3.63) is 23.9 Å². The summed E-state index contributed by atoms with van der Waals surface area (Å²) in [6.45, 7) is 2.00. The van der Waals surface area contributed by atoms with E-state index in [0.717, 1.165) is 18.9 Å². The number of carbonyl (C=O) groups is 1. The Bertz CT molecular complexity index is 357. The zero-order valence-electron chi connectivity index (χ0n) is 8.47. The summed E-state index contributed by atoms with van der Waals surface area (Å²) in [5, 5.41) is 11.9. The average Bonchev–Trinajstić information content (AvgIpc) is 2.16. The maximum Gasteiger partial charge on any atom is 0.337 e. The van der Waals surface area contributed by atoms with Crippen molar-refractivity contribution in [2.24, 2.45) is 0 Å². The molecule has 1 aromatic heterocycles. The van der Waals surface area contributed by atoms with Crippen molar-refractivity contribution in [3.8, 4) is 0 Å². The summed E-state index contributed by atoms with van der Waals surface area (Å²) in [6.07, 6.45) is 1.37. The second-order valence-corrected chi connectivity index (χ2v) is 3.80. The molecule has 2 heterocycles. The molecule has 2 N–H and O–H groups in total. The Labute approximate surface area is 87.7 Å². The molecule has 1 aromatic rings. The normalized spacial score (nSPS) is 17.1. The molecule has 80 valence electrons. The topological polar surface area (TPSA) is 65.5 Å². The van der Waals surface area contributed by atoms with Gasteiger partial charge >= 0.3 is 5.97 Å². The van der Waals surface area contributed by atoms with Crippen molar-refractivity contribution in [1.29, 1.82) is 0 Å². The van der Waals surface area contributed by atoms with Gasteiger partial charge in [-0.25, -0.2) is 9.78 Å². The number of anilines is 1. The number of aromatic carboxylic acids is 1. The van der Waals surface area contributed by atoms with E-state index >= 15 is 0 Å². The van der Waals surface area contributed by atoms with E-state index in [9.17, 15) is 4.79 Å². The maximum absolute atomic E-state index is 10.6. The largest absolute Gasteiger partial charge is 0.478 e. The summed E-state index contributed by atoms with van der Waals surface area (Å²) in [5.41, 5.74) is 0.214. The molecule has 0 amide bonds. The minimum atomic E-state index is -0.947. The number of carboxylic acid groups (broad SMARTS) is 1. The Morgan fingerprint density at radius 1 is 1.60 bits per heavy atom. The van der Waals surface area contributed by atoms with E-state index < -0.39 is 5.97 Å². The highest BCUT2D eigenvalue weighted by molar-refractivity contribution is 5.87. The average molecular weight is 207 g/mol. The third-order valence-corrected chi connectivity index (χ3v) is 2.43. The smallest absolute Gasteiger partial charge is 0.337 e. The summed E-state index contributed by atoms with van der Waals surface area (Å²) in [7, 11) is 2.05. The second-order valence-electron chi connectivity index (χ2n) is 3.80. The minimum Gasteiger partial charge on any atom is -0.478 e. The number of aromatic nitrogens is 1. The molecule has 0 unspecified atom stereocenters. The van der Waals surface area contributed by atoms with Gasteiger partial charge in [-0.15, -0.1) is 0 Å². The summed E-state index contributed by atoms with van der Waals surface area (Å²) >= 11 is 0. The molecule has 0 radical (unpaired) electrons. The van der Waals surface area contributed by atoms with Gasteiger partial charge < -0.3 is 15.3 Å². The number of nitrogens with one attached hydrogen (secondary N) is 1. The number of rotatable bonds is 3. The van der Waals surface area contributed by atoms with Crippen molar-refractivity contribution in [3.63, 3.8) is 0 Å². The summed E-state index contributed by atoms with van der Waals surface area (Å²) < 4.78 is 0. The third-order valence-electron chi connectivity index (χ3n) is 2.43. The molecule has 15 heavy (non-hydrogen) atoms. The summed E-state index contributed by atoms with van der Waals surface area (Å²) in [6, 6.07) is 3.68. The van der Waals surface area contributed by atoms with Crippen LogP contribution in [0.4, 0.5) is 5.82 Å². The number of nitrogens with zero attached hydrogens (tertiary/aromatic N) is 2. The molecule has 0 saturated carbocycles. The fraction of sp³-hybridized carbons (Fsp3) is 0.400. The Morgan fingerprint density at radius 3 is 2.80 bits per heavy atom. The Morgan fingerprint density at radius 2 is 2.33 bits per heavy atom. The van der Waals surface area contributed by atoms with Gasteiger partial charge in [0.25, 0.3) is 0 Å². The van der Waals surface area contributed by atoms with Gasteiger partial charge in [0.15, 0.2) is 0 Å². The first-order valence-electron chi connectivity index (χ1n) is 4.79. The van der Waals surface area contributed by atoms with Crippen LogP contribution in [0.1, 0.15) is 10.4 Å². The number of hydrogen-bond acceptors (Lipinski definition) is 4. The van der Waals surface area contributed by atoms with Crippen LogP contribution in [0.15, 0.2) is 18.3 Å². The summed E-state index contributed by atoms with van der Waals surface area (Å²) in [5.74, 6) is -0.212. The van der Waals surface area contributed by atoms with E-state index in [1.165, 1.54) is 6.20 Å². The molecule has 0 aliphatic carbocycles. The van der Waals surface area contributed by atoms with Gasteiger partial charge in [-0.05, 0) is 19.2 Å². The van der Waals surface area contributed by atoms with Crippen LogP contribution < -0.4 is 5.32 Å². The SMILES string of the molecule is CN1CC(Nc2ccc(C(=O)O)cn2)C1. The van der Waals surface area contributed by atoms with Crippen LogP contribution >= 0.6 is 0 Å². The fourth-order valence-corrected chi connectivity index (χ4v) is 1.61. The Hall–Kier alpha value is -1.62. The molecule has 0 bridgehead atoms. The van der Waals surface area contributed by atoms with E-state index in [1.54, 1.807) is 12.1 Å². The molecule has 1 aliphatic rings. The molecule has 5 heteroatoms. The lowest BCUT2D eigenvalue weighted by Crippen LogP contribution is -2.52. The van der Waals surface area contributed by atoms with Gasteiger partial charge in [0, 0.05) is 19.3 Å². The monoisotopic (exact) mass is 207 g/mol. The molecule has 0 atom stereocenters. The lowest BCUT2D eigenvalue weighted by molar-refractivity contribution is 0.0696. The highest BCUT2D eigenvalue weighted by atomic mass is 16.4. The molecule has 1 aliphatic heterocycles.